The molecule has 0 saturated heterocycles. The van der Waals surface area contributed by atoms with E-state index in [4.69, 9.17) is 9.59 Å². The van der Waals surface area contributed by atoms with E-state index in [0.717, 1.165) is 0 Å². The average Bonchev–Trinajstić information content (AvgIpc) is 2.39. The van der Waals surface area contributed by atoms with Gasteiger partial charge in [-0.15, -0.1) is 25.5 Å². The van der Waals surface area contributed by atoms with Crippen molar-refractivity contribution in [2.24, 2.45) is 33.7 Å². The van der Waals surface area contributed by atoms with Gasteiger partial charge in [0.1, 0.15) is 0 Å². The molecule has 0 radical (unpaired) electrons. The zero-order valence-electron chi connectivity index (χ0n) is 15.7. The molecule has 0 bridgehead atoms. The number of aliphatic imine (C=N–C) groups is 2. The quantitative estimate of drug-likeness (QED) is 0.402. The van der Waals surface area contributed by atoms with E-state index >= 15 is 0 Å². The maximum atomic E-state index is 9.02. The van der Waals surface area contributed by atoms with Crippen molar-refractivity contribution >= 4 is 22.0 Å². The Bertz CT molecular complexity index is 375. The van der Waals surface area contributed by atoms with E-state index in [1.807, 2.05) is 25.5 Å². The van der Waals surface area contributed by atoms with Crippen molar-refractivity contribution in [3.63, 3.8) is 0 Å². The van der Waals surface area contributed by atoms with Gasteiger partial charge in [0.15, 0.2) is 0 Å². The van der Waals surface area contributed by atoms with E-state index in [1.165, 1.54) is 9.57 Å². The fourth-order valence-electron chi connectivity index (χ4n) is 0.803. The van der Waals surface area contributed by atoms with Gasteiger partial charge in [0, 0.05) is 0 Å². The zero-order valence-corrected chi connectivity index (χ0v) is 16.8. The molecule has 0 amide bonds. The predicted molar refractivity (Wildman–Crippen MR) is 96.3 cm³/mol. The normalized spacial score (nSPS) is 10.3. The van der Waals surface area contributed by atoms with Crippen LogP contribution in [0.1, 0.15) is 55.4 Å². The van der Waals surface area contributed by atoms with Crippen LogP contribution in [-0.4, -0.2) is 22.0 Å². The van der Waals surface area contributed by atoms with E-state index in [-0.39, 0.29) is 14.1 Å². The molecule has 23 heavy (non-hydrogen) atoms. The van der Waals surface area contributed by atoms with E-state index in [2.05, 4.69) is 65.4 Å². The van der Waals surface area contributed by atoms with Gasteiger partial charge in [-0.2, -0.15) is 0 Å². The summed E-state index contributed by atoms with van der Waals surface area (Å²) in [4.78, 5) is 29.0. The van der Waals surface area contributed by atoms with Gasteiger partial charge >= 0.3 is 33.2 Å². The van der Waals surface area contributed by atoms with E-state index < -0.39 is 0 Å². The van der Waals surface area contributed by atoms with Crippen LogP contribution in [0.2, 0.25) is 0 Å². The van der Waals surface area contributed by atoms with Crippen LogP contribution in [0.15, 0.2) is 9.98 Å². The second-order valence-electron chi connectivity index (χ2n) is 6.10. The van der Waals surface area contributed by atoms with E-state index in [0.29, 0.717) is 23.7 Å². The van der Waals surface area contributed by atoms with Gasteiger partial charge in [0.05, 0.1) is 0 Å². The van der Waals surface area contributed by atoms with Gasteiger partial charge in [-0.3, -0.25) is 0 Å². The Morgan fingerprint density at radius 3 is 1.17 bits per heavy atom. The average molecular weight is 364 g/mol. The molecule has 0 aliphatic carbocycles. The molecule has 0 spiro atoms. The zero-order chi connectivity index (χ0) is 18.7. The van der Waals surface area contributed by atoms with Crippen molar-refractivity contribution in [3.05, 3.63) is 13.1 Å². The molecule has 0 heterocycles. The van der Waals surface area contributed by atoms with Crippen molar-refractivity contribution in [1.29, 1.82) is 0 Å². The third-order valence-corrected chi connectivity index (χ3v) is 1.83. The van der Waals surface area contributed by atoms with Gasteiger partial charge in [-0.25, -0.2) is 0 Å². The topological polar surface area (TPSA) is 58.9 Å². The second kappa shape index (κ2) is 20.8. The Balaban J connectivity index is -0.000000273. The molecule has 4 nitrogen and oxygen atoms in total. The molecule has 136 valence electrons. The first-order valence-corrected chi connectivity index (χ1v) is 8.85. The number of hydrogen-bond acceptors (Lipinski definition) is 4. The van der Waals surface area contributed by atoms with E-state index in [9.17, 15) is 0 Å². The molecule has 0 rings (SSSR count). The number of nitrogens with zero attached hydrogens (tertiary/aromatic N) is 2. The fraction of sp³-hybridized carbons (Fsp3) is 0.667. The van der Waals surface area contributed by atoms with Crippen molar-refractivity contribution in [3.8, 4) is 0 Å². The van der Waals surface area contributed by atoms with Gasteiger partial charge in [0.25, 0.3) is 0 Å². The van der Waals surface area contributed by atoms with Crippen molar-refractivity contribution in [2.45, 2.75) is 55.4 Å². The molecule has 0 atom stereocenters. The molecule has 0 unspecified atom stereocenters. The predicted octanol–water partition coefficient (Wildman–Crippen LogP) is 4.27. The molecule has 0 aromatic rings. The molecule has 0 fully saturated rings. The molecular formula is C18H32FeN2O2-2. The monoisotopic (exact) mass is 364 g/mol. The number of carbonyl (C=O) groups excluding carboxylic acids is 2. The minimum absolute atomic E-state index is 0.222. The summed E-state index contributed by atoms with van der Waals surface area (Å²) in [6, 6.07) is 0. The first kappa shape index (κ1) is 26.6. The third kappa shape index (κ3) is 44.9. The molecule has 0 aromatic carbocycles. The Hall–Kier alpha value is -1.24. The van der Waals surface area contributed by atoms with Crippen molar-refractivity contribution in [1.82, 2.24) is 0 Å². The summed E-state index contributed by atoms with van der Waals surface area (Å²) >= 11 is -0.222. The third-order valence-electron chi connectivity index (χ3n) is 1.61. The molecule has 0 aliphatic rings. The van der Waals surface area contributed by atoms with Crippen molar-refractivity contribution < 1.29 is 23.7 Å². The summed E-state index contributed by atoms with van der Waals surface area (Å²) in [5.74, 6) is 2.28. The fourth-order valence-corrected chi connectivity index (χ4v) is 0.849. The van der Waals surface area contributed by atoms with Crippen LogP contribution in [0.5, 0.6) is 0 Å². The van der Waals surface area contributed by atoms with Crippen LogP contribution in [0.3, 0.4) is 0 Å². The molecule has 0 N–H and O–H groups in total. The summed E-state index contributed by atoms with van der Waals surface area (Å²) in [6.45, 7) is 20.9. The second-order valence-corrected chi connectivity index (χ2v) is 6.83. The Kier molecular flexibility index (Phi) is 24.1. The first-order valence-electron chi connectivity index (χ1n) is 7.75. The van der Waals surface area contributed by atoms with Crippen LogP contribution in [0.4, 0.5) is 0 Å². The van der Waals surface area contributed by atoms with Gasteiger partial charge < -0.3 is 9.98 Å². The number of rotatable bonds is 6. The minimum atomic E-state index is -0.222. The van der Waals surface area contributed by atoms with Gasteiger partial charge in [-0.05, 0) is 0 Å². The summed E-state index contributed by atoms with van der Waals surface area (Å²) in [5, 5.41) is 0. The molecule has 0 aliphatic heterocycles. The van der Waals surface area contributed by atoms with Crippen molar-refractivity contribution in [2.75, 3.05) is 0 Å². The molecular weight excluding hydrogens is 332 g/mol. The summed E-state index contributed by atoms with van der Waals surface area (Å²) in [5.41, 5.74) is 0. The van der Waals surface area contributed by atoms with Crippen LogP contribution < -0.4 is 0 Å². The Morgan fingerprint density at radius 1 is 0.739 bits per heavy atom. The van der Waals surface area contributed by atoms with Crippen LogP contribution in [-0.2, 0) is 23.7 Å². The van der Waals surface area contributed by atoms with Gasteiger partial charge in [-0.1, -0.05) is 79.1 Å². The molecule has 5 heteroatoms. The molecule has 0 aromatic heterocycles. The van der Waals surface area contributed by atoms with Crippen LogP contribution in [0, 0.1) is 36.8 Å². The SMILES string of the molecule is CC(C)C=N[CH-]C(C)C.CC(C)C=N[CH-]C(C)C.O=[C]=[Fe]=[C]=O. The Morgan fingerprint density at radius 2 is 1.04 bits per heavy atom. The summed E-state index contributed by atoms with van der Waals surface area (Å²) < 4.78 is 0. The standard InChI is InChI=1S/2C8H16N.2CO.Fe/c2*1-7(2)5-9-6-8(3)4;2*1-2;/h2*5-8H,1-4H3;;;/q2*-1;;;. The maximum absolute atomic E-state index is 9.02. The summed E-state index contributed by atoms with van der Waals surface area (Å²) in [7, 11) is 0. The molecule has 0 saturated carbocycles. The number of hydrogen-bond donors (Lipinski definition) is 0. The van der Waals surface area contributed by atoms with Crippen LogP contribution in [0.25, 0.3) is 0 Å². The Labute approximate surface area is 148 Å². The van der Waals surface area contributed by atoms with Gasteiger partial charge in [0.2, 0.25) is 0 Å². The van der Waals surface area contributed by atoms with Crippen LogP contribution >= 0.6 is 0 Å². The van der Waals surface area contributed by atoms with E-state index in [1.54, 1.807) is 0 Å². The first-order chi connectivity index (χ1) is 10.7. The summed E-state index contributed by atoms with van der Waals surface area (Å²) in [6.07, 6.45) is 3.92.